The number of aryl methyl sites for hydroxylation is 2. The van der Waals surface area contributed by atoms with E-state index >= 15 is 0 Å². The highest BCUT2D eigenvalue weighted by molar-refractivity contribution is 5.32. The highest BCUT2D eigenvalue weighted by Gasteiger charge is 2.22. The normalized spacial score (nSPS) is 14.5. The smallest absolute Gasteiger partial charge is 0.0880 e. The first kappa shape index (κ1) is 15.2. The Morgan fingerprint density at radius 1 is 1.22 bits per heavy atom. The van der Waals surface area contributed by atoms with Crippen LogP contribution in [0.1, 0.15) is 30.0 Å². The minimum atomic E-state index is -0.779. The second kappa shape index (κ2) is 6.88. The maximum atomic E-state index is 10.5. The van der Waals surface area contributed by atoms with Crippen molar-refractivity contribution in [2.24, 2.45) is 0 Å². The monoisotopic (exact) mass is 251 g/mol. The molecule has 102 valence electrons. The van der Waals surface area contributed by atoms with Gasteiger partial charge in [0.15, 0.2) is 0 Å². The Balaban J connectivity index is 2.54. The molecule has 0 heterocycles. The number of benzene rings is 1. The lowest BCUT2D eigenvalue weighted by atomic mass is 9.90. The van der Waals surface area contributed by atoms with E-state index in [1.807, 2.05) is 13.0 Å². The summed E-state index contributed by atoms with van der Waals surface area (Å²) in [4.78, 5) is 0. The topological polar surface area (TPSA) is 41.5 Å². The molecule has 3 nitrogen and oxygen atoms in total. The quantitative estimate of drug-likeness (QED) is 0.730. The maximum absolute atomic E-state index is 10.5. The van der Waals surface area contributed by atoms with Crippen molar-refractivity contribution in [2.75, 3.05) is 26.8 Å². The Morgan fingerprint density at radius 2 is 1.94 bits per heavy atom. The van der Waals surface area contributed by atoms with Crippen molar-refractivity contribution in [3.63, 3.8) is 0 Å². The van der Waals surface area contributed by atoms with Gasteiger partial charge in [-0.1, -0.05) is 18.2 Å². The van der Waals surface area contributed by atoms with Crippen molar-refractivity contribution >= 4 is 0 Å². The molecule has 0 aromatic heterocycles. The average Bonchev–Trinajstić information content (AvgIpc) is 2.32. The first-order valence-corrected chi connectivity index (χ1v) is 6.47. The maximum Gasteiger partial charge on any atom is 0.0880 e. The van der Waals surface area contributed by atoms with Gasteiger partial charge in [0.1, 0.15) is 0 Å². The van der Waals surface area contributed by atoms with Crippen molar-refractivity contribution in [3.05, 3.63) is 34.9 Å². The number of aliphatic hydroxyl groups is 1. The van der Waals surface area contributed by atoms with Gasteiger partial charge in [0.25, 0.3) is 0 Å². The second-order valence-electron chi connectivity index (χ2n) is 5.07. The third kappa shape index (κ3) is 4.41. The van der Waals surface area contributed by atoms with Crippen LogP contribution < -0.4 is 5.32 Å². The van der Waals surface area contributed by atoms with Gasteiger partial charge in [-0.05, 0) is 50.4 Å². The molecule has 0 fully saturated rings. The molecule has 1 rings (SSSR count). The molecule has 1 atom stereocenters. The van der Waals surface area contributed by atoms with Crippen molar-refractivity contribution < 1.29 is 9.84 Å². The lowest BCUT2D eigenvalue weighted by molar-refractivity contribution is 0.0474. The fourth-order valence-corrected chi connectivity index (χ4v) is 1.85. The molecule has 3 heteroatoms. The Bertz CT molecular complexity index is 375. The van der Waals surface area contributed by atoms with Crippen LogP contribution >= 0.6 is 0 Å². The zero-order chi connectivity index (χ0) is 13.6. The third-order valence-corrected chi connectivity index (χ3v) is 3.40. The first-order chi connectivity index (χ1) is 8.47. The molecule has 0 bridgehead atoms. The zero-order valence-electron chi connectivity index (χ0n) is 11.9. The molecular weight excluding hydrogens is 226 g/mol. The molecule has 1 unspecified atom stereocenters. The summed E-state index contributed by atoms with van der Waals surface area (Å²) in [5.41, 5.74) is 2.69. The molecule has 2 N–H and O–H groups in total. The molecule has 0 spiro atoms. The number of hydrogen-bond acceptors (Lipinski definition) is 3. The first-order valence-electron chi connectivity index (χ1n) is 6.47. The molecule has 1 aromatic carbocycles. The van der Waals surface area contributed by atoms with E-state index in [1.54, 1.807) is 7.11 Å². The van der Waals surface area contributed by atoms with Crippen molar-refractivity contribution in [1.82, 2.24) is 5.32 Å². The van der Waals surface area contributed by atoms with E-state index in [0.717, 1.165) is 18.7 Å². The standard InChI is InChI=1S/C15H25NO2/c1-12-5-6-14(11-13(12)2)15(3,17)7-8-16-9-10-18-4/h5-6,11,16-17H,7-10H2,1-4H3. The molecule has 0 saturated heterocycles. The number of nitrogens with one attached hydrogen (secondary N) is 1. The predicted molar refractivity (Wildman–Crippen MR) is 74.8 cm³/mol. The Morgan fingerprint density at radius 3 is 2.56 bits per heavy atom. The van der Waals surface area contributed by atoms with Crippen molar-refractivity contribution in [2.45, 2.75) is 32.8 Å². The summed E-state index contributed by atoms with van der Waals surface area (Å²) in [6.07, 6.45) is 0.694. The third-order valence-electron chi connectivity index (χ3n) is 3.40. The molecule has 0 radical (unpaired) electrons. The van der Waals surface area contributed by atoms with Crippen LogP contribution in [0.2, 0.25) is 0 Å². The lowest BCUT2D eigenvalue weighted by Gasteiger charge is -2.25. The largest absolute Gasteiger partial charge is 0.385 e. The van der Waals surface area contributed by atoms with Crippen LogP contribution in [0.15, 0.2) is 18.2 Å². The van der Waals surface area contributed by atoms with Crippen molar-refractivity contribution in [1.29, 1.82) is 0 Å². The van der Waals surface area contributed by atoms with Crippen LogP contribution in [-0.4, -0.2) is 31.9 Å². The van der Waals surface area contributed by atoms with Crippen LogP contribution in [0, 0.1) is 13.8 Å². The van der Waals surface area contributed by atoms with Gasteiger partial charge in [-0.3, -0.25) is 0 Å². The number of ether oxygens (including phenoxy) is 1. The fourth-order valence-electron chi connectivity index (χ4n) is 1.85. The molecule has 0 amide bonds. The molecular formula is C15H25NO2. The summed E-state index contributed by atoms with van der Waals surface area (Å²) >= 11 is 0. The molecule has 0 saturated carbocycles. The number of rotatable bonds is 7. The zero-order valence-corrected chi connectivity index (χ0v) is 11.9. The molecule has 18 heavy (non-hydrogen) atoms. The van der Waals surface area contributed by atoms with Crippen LogP contribution in [0.4, 0.5) is 0 Å². The van der Waals surface area contributed by atoms with E-state index in [-0.39, 0.29) is 0 Å². The van der Waals surface area contributed by atoms with Gasteiger partial charge in [0.05, 0.1) is 12.2 Å². The number of methoxy groups -OCH3 is 1. The van der Waals surface area contributed by atoms with E-state index in [0.29, 0.717) is 13.0 Å². The highest BCUT2D eigenvalue weighted by Crippen LogP contribution is 2.25. The van der Waals surface area contributed by atoms with Gasteiger partial charge in [0.2, 0.25) is 0 Å². The second-order valence-corrected chi connectivity index (χ2v) is 5.07. The minimum Gasteiger partial charge on any atom is -0.385 e. The Hall–Kier alpha value is -0.900. The van der Waals surface area contributed by atoms with Crippen LogP contribution in [-0.2, 0) is 10.3 Å². The summed E-state index contributed by atoms with van der Waals surface area (Å²) in [5, 5.41) is 13.7. The molecule has 0 aliphatic heterocycles. The van der Waals surface area contributed by atoms with Gasteiger partial charge in [-0.2, -0.15) is 0 Å². The summed E-state index contributed by atoms with van der Waals surface area (Å²) in [5.74, 6) is 0. The van der Waals surface area contributed by atoms with Gasteiger partial charge in [-0.15, -0.1) is 0 Å². The molecule has 1 aromatic rings. The van der Waals surface area contributed by atoms with Gasteiger partial charge in [0, 0.05) is 13.7 Å². The fraction of sp³-hybridized carbons (Fsp3) is 0.600. The van der Waals surface area contributed by atoms with Crippen molar-refractivity contribution in [3.8, 4) is 0 Å². The lowest BCUT2D eigenvalue weighted by Crippen LogP contribution is -2.29. The Kier molecular flexibility index (Phi) is 5.79. The molecule has 0 aliphatic carbocycles. The minimum absolute atomic E-state index is 0.694. The van der Waals surface area contributed by atoms with E-state index in [4.69, 9.17) is 4.74 Å². The Labute approximate surface area is 110 Å². The highest BCUT2D eigenvalue weighted by atomic mass is 16.5. The van der Waals surface area contributed by atoms with E-state index in [2.05, 4.69) is 31.3 Å². The van der Waals surface area contributed by atoms with Gasteiger partial charge < -0.3 is 15.2 Å². The summed E-state index contributed by atoms with van der Waals surface area (Å²) in [6.45, 7) is 8.33. The summed E-state index contributed by atoms with van der Waals surface area (Å²) in [6, 6.07) is 6.15. The van der Waals surface area contributed by atoms with Crippen LogP contribution in [0.25, 0.3) is 0 Å². The SMILES string of the molecule is COCCNCCC(C)(O)c1ccc(C)c(C)c1. The van der Waals surface area contributed by atoms with Crippen LogP contribution in [0.5, 0.6) is 0 Å². The predicted octanol–water partition coefficient (Wildman–Crippen LogP) is 2.14. The van der Waals surface area contributed by atoms with E-state index in [1.165, 1.54) is 11.1 Å². The van der Waals surface area contributed by atoms with E-state index < -0.39 is 5.60 Å². The van der Waals surface area contributed by atoms with Crippen LogP contribution in [0.3, 0.4) is 0 Å². The van der Waals surface area contributed by atoms with Gasteiger partial charge in [-0.25, -0.2) is 0 Å². The van der Waals surface area contributed by atoms with E-state index in [9.17, 15) is 5.11 Å². The summed E-state index contributed by atoms with van der Waals surface area (Å²) < 4.78 is 4.96. The average molecular weight is 251 g/mol. The number of hydrogen-bond donors (Lipinski definition) is 2. The molecule has 0 aliphatic rings. The summed E-state index contributed by atoms with van der Waals surface area (Å²) in [7, 11) is 1.69. The van der Waals surface area contributed by atoms with Gasteiger partial charge >= 0.3 is 0 Å².